The van der Waals surface area contributed by atoms with Crippen LogP contribution in [0.25, 0.3) is 0 Å². The average Bonchev–Trinajstić information content (AvgIpc) is 2.88. The Morgan fingerprint density at radius 1 is 1.37 bits per heavy atom. The SMILES string of the molecule is CNc1nsnc1NCCSCc1ncccc1O. The summed E-state index contributed by atoms with van der Waals surface area (Å²) in [7, 11) is 1.82. The number of hydrogen-bond donors (Lipinski definition) is 3. The van der Waals surface area contributed by atoms with Gasteiger partial charge in [0, 0.05) is 31.3 Å². The van der Waals surface area contributed by atoms with E-state index in [1.165, 1.54) is 11.7 Å². The molecule has 0 aliphatic rings. The summed E-state index contributed by atoms with van der Waals surface area (Å²) in [5.41, 5.74) is 0.721. The van der Waals surface area contributed by atoms with Crippen molar-refractivity contribution in [3.8, 4) is 5.75 Å². The average molecular weight is 297 g/mol. The number of hydrogen-bond acceptors (Lipinski definition) is 8. The van der Waals surface area contributed by atoms with Gasteiger partial charge in [-0.1, -0.05) is 0 Å². The molecule has 2 aromatic heterocycles. The van der Waals surface area contributed by atoms with Crippen LogP contribution in [0, 0.1) is 0 Å². The summed E-state index contributed by atoms with van der Waals surface area (Å²) in [6.07, 6.45) is 1.69. The minimum Gasteiger partial charge on any atom is -0.506 e. The van der Waals surface area contributed by atoms with E-state index in [1.807, 2.05) is 7.05 Å². The van der Waals surface area contributed by atoms with Gasteiger partial charge >= 0.3 is 0 Å². The van der Waals surface area contributed by atoms with Crippen LogP contribution in [0.5, 0.6) is 5.75 Å². The molecule has 0 spiro atoms. The standard InChI is InChI=1S/C11H15N5OS2/c1-12-10-11(16-19-15-10)14-5-6-18-7-8-9(17)3-2-4-13-8/h2-4,17H,5-7H2,1H3,(H,12,15)(H,14,16). The number of thioether (sulfide) groups is 1. The molecule has 0 saturated heterocycles. The first kappa shape index (κ1) is 13.9. The van der Waals surface area contributed by atoms with Crippen molar-refractivity contribution in [3.05, 3.63) is 24.0 Å². The first-order valence-electron chi connectivity index (χ1n) is 5.76. The van der Waals surface area contributed by atoms with Crippen molar-refractivity contribution in [1.29, 1.82) is 0 Å². The molecule has 0 aliphatic heterocycles. The van der Waals surface area contributed by atoms with Gasteiger partial charge in [0.1, 0.15) is 5.75 Å². The Morgan fingerprint density at radius 2 is 2.21 bits per heavy atom. The highest BCUT2D eigenvalue weighted by Gasteiger charge is 2.05. The molecule has 102 valence electrons. The number of pyridine rings is 1. The van der Waals surface area contributed by atoms with Crippen LogP contribution in [0.3, 0.4) is 0 Å². The normalized spacial score (nSPS) is 10.4. The first-order chi connectivity index (χ1) is 9.31. The number of aromatic nitrogens is 3. The Labute approximate surface area is 120 Å². The largest absolute Gasteiger partial charge is 0.506 e. The minimum absolute atomic E-state index is 0.254. The number of nitrogens with zero attached hydrogens (tertiary/aromatic N) is 3. The van der Waals surface area contributed by atoms with Gasteiger partial charge in [-0.2, -0.15) is 20.5 Å². The topological polar surface area (TPSA) is 83.0 Å². The fourth-order valence-corrected chi connectivity index (χ4v) is 2.76. The molecule has 8 heteroatoms. The summed E-state index contributed by atoms with van der Waals surface area (Å²) in [4.78, 5) is 4.13. The molecule has 19 heavy (non-hydrogen) atoms. The second-order valence-electron chi connectivity index (χ2n) is 3.66. The molecule has 0 bridgehead atoms. The van der Waals surface area contributed by atoms with Gasteiger partial charge in [0.05, 0.1) is 17.4 Å². The van der Waals surface area contributed by atoms with Gasteiger partial charge in [-0.05, 0) is 12.1 Å². The highest BCUT2D eigenvalue weighted by atomic mass is 32.2. The number of anilines is 2. The predicted molar refractivity (Wildman–Crippen MR) is 80.0 cm³/mol. The Balaban J connectivity index is 1.69. The van der Waals surface area contributed by atoms with Gasteiger partial charge in [-0.3, -0.25) is 4.98 Å². The third-order valence-corrected chi connectivity index (χ3v) is 3.87. The summed E-state index contributed by atoms with van der Waals surface area (Å²) in [5.74, 6) is 3.41. The number of nitrogens with one attached hydrogen (secondary N) is 2. The quantitative estimate of drug-likeness (QED) is 0.674. The van der Waals surface area contributed by atoms with Gasteiger partial charge < -0.3 is 15.7 Å². The first-order valence-corrected chi connectivity index (χ1v) is 7.64. The fraction of sp³-hybridized carbons (Fsp3) is 0.364. The van der Waals surface area contributed by atoms with Crippen LogP contribution in [0.2, 0.25) is 0 Å². The minimum atomic E-state index is 0.254. The molecular formula is C11H15N5OS2. The van der Waals surface area contributed by atoms with Gasteiger partial charge in [0.25, 0.3) is 0 Å². The smallest absolute Gasteiger partial charge is 0.184 e. The van der Waals surface area contributed by atoms with E-state index in [-0.39, 0.29) is 5.75 Å². The molecule has 2 rings (SSSR count). The van der Waals surface area contributed by atoms with Crippen molar-refractivity contribution < 1.29 is 5.11 Å². The molecule has 0 amide bonds. The highest BCUT2D eigenvalue weighted by molar-refractivity contribution is 7.98. The summed E-state index contributed by atoms with van der Waals surface area (Å²) >= 11 is 2.88. The van der Waals surface area contributed by atoms with Crippen LogP contribution >= 0.6 is 23.5 Å². The molecule has 0 unspecified atom stereocenters. The highest BCUT2D eigenvalue weighted by Crippen LogP contribution is 2.20. The molecule has 0 aliphatic carbocycles. The van der Waals surface area contributed by atoms with Crippen molar-refractivity contribution in [2.24, 2.45) is 0 Å². The van der Waals surface area contributed by atoms with E-state index < -0.39 is 0 Å². The van der Waals surface area contributed by atoms with Crippen molar-refractivity contribution in [1.82, 2.24) is 13.7 Å². The summed E-state index contributed by atoms with van der Waals surface area (Å²) in [6, 6.07) is 3.38. The number of rotatable bonds is 7. The van der Waals surface area contributed by atoms with E-state index in [2.05, 4.69) is 24.4 Å². The zero-order chi connectivity index (χ0) is 13.5. The Morgan fingerprint density at radius 3 is 3.00 bits per heavy atom. The predicted octanol–water partition coefficient (Wildman–Crippen LogP) is 2.03. The van der Waals surface area contributed by atoms with Crippen LogP contribution in [-0.4, -0.2) is 38.2 Å². The van der Waals surface area contributed by atoms with Crippen LogP contribution in [0.1, 0.15) is 5.69 Å². The molecule has 6 nitrogen and oxygen atoms in total. The molecule has 0 fully saturated rings. The lowest BCUT2D eigenvalue weighted by Crippen LogP contribution is -2.06. The lowest BCUT2D eigenvalue weighted by Gasteiger charge is -2.05. The second kappa shape index (κ2) is 7.15. The molecule has 0 saturated carbocycles. The molecule has 3 N–H and O–H groups in total. The Kier molecular flexibility index (Phi) is 5.22. The van der Waals surface area contributed by atoms with E-state index in [4.69, 9.17) is 0 Å². The zero-order valence-corrected chi connectivity index (χ0v) is 12.1. The second-order valence-corrected chi connectivity index (χ2v) is 5.29. The zero-order valence-electron chi connectivity index (χ0n) is 10.5. The Hall–Kier alpha value is -1.54. The lowest BCUT2D eigenvalue weighted by atomic mass is 10.3. The molecule has 0 atom stereocenters. The van der Waals surface area contributed by atoms with Gasteiger partial charge in [-0.25, -0.2) is 0 Å². The van der Waals surface area contributed by atoms with Crippen LogP contribution in [-0.2, 0) is 5.75 Å². The Bertz CT molecular complexity index is 519. The maximum absolute atomic E-state index is 9.57. The maximum atomic E-state index is 9.57. The van der Waals surface area contributed by atoms with Crippen molar-refractivity contribution in [2.45, 2.75) is 5.75 Å². The lowest BCUT2D eigenvalue weighted by molar-refractivity contribution is 0.467. The van der Waals surface area contributed by atoms with E-state index >= 15 is 0 Å². The fourth-order valence-electron chi connectivity index (χ4n) is 1.42. The van der Waals surface area contributed by atoms with Crippen molar-refractivity contribution in [3.63, 3.8) is 0 Å². The molecule has 0 aromatic carbocycles. The molecule has 2 heterocycles. The van der Waals surface area contributed by atoms with Gasteiger partial charge in [-0.15, -0.1) is 0 Å². The maximum Gasteiger partial charge on any atom is 0.184 e. The van der Waals surface area contributed by atoms with Crippen molar-refractivity contribution >= 4 is 35.1 Å². The van der Waals surface area contributed by atoms with Crippen LogP contribution in [0.15, 0.2) is 18.3 Å². The third-order valence-electron chi connectivity index (χ3n) is 2.37. The monoisotopic (exact) mass is 297 g/mol. The van der Waals surface area contributed by atoms with E-state index in [0.717, 1.165) is 29.6 Å². The number of aromatic hydroxyl groups is 1. The van der Waals surface area contributed by atoms with Crippen LogP contribution in [0.4, 0.5) is 11.6 Å². The van der Waals surface area contributed by atoms with Gasteiger partial charge in [0.2, 0.25) is 0 Å². The summed E-state index contributed by atoms with van der Waals surface area (Å²) in [6.45, 7) is 0.790. The molecule has 0 radical (unpaired) electrons. The summed E-state index contributed by atoms with van der Waals surface area (Å²) < 4.78 is 8.25. The molecule has 2 aromatic rings. The van der Waals surface area contributed by atoms with E-state index in [1.54, 1.807) is 30.1 Å². The molecular weight excluding hydrogens is 282 g/mol. The van der Waals surface area contributed by atoms with Crippen LogP contribution < -0.4 is 10.6 Å². The third kappa shape index (κ3) is 3.97. The van der Waals surface area contributed by atoms with Crippen molar-refractivity contribution in [2.75, 3.05) is 30.0 Å². The van der Waals surface area contributed by atoms with E-state index in [0.29, 0.717) is 5.75 Å². The summed E-state index contributed by atoms with van der Waals surface area (Å²) in [5, 5.41) is 15.8. The van der Waals surface area contributed by atoms with Gasteiger partial charge in [0.15, 0.2) is 11.6 Å². The van der Waals surface area contributed by atoms with E-state index in [9.17, 15) is 5.11 Å².